The predicted molar refractivity (Wildman–Crippen MR) is 98.9 cm³/mol. The SMILES string of the molecule is COc1cc(C#CC(=O)N2C[C@@H](O)[C@@H](O)C2)ccc1-c1ccccc1C(F)(F)F. The average molecular weight is 405 g/mol. The molecule has 2 aromatic carbocycles. The minimum absolute atomic E-state index is 0.00876. The molecule has 0 unspecified atom stereocenters. The van der Waals surface area contributed by atoms with E-state index in [-0.39, 0.29) is 30.0 Å². The molecule has 1 aliphatic heterocycles. The molecule has 0 radical (unpaired) electrons. The number of amides is 1. The first-order valence-electron chi connectivity index (χ1n) is 8.72. The summed E-state index contributed by atoms with van der Waals surface area (Å²) >= 11 is 0. The van der Waals surface area contributed by atoms with Crippen molar-refractivity contribution < 1.29 is 32.9 Å². The van der Waals surface area contributed by atoms with Crippen molar-refractivity contribution in [3.05, 3.63) is 53.6 Å². The highest BCUT2D eigenvalue weighted by Gasteiger charge is 2.34. The van der Waals surface area contributed by atoms with Crippen molar-refractivity contribution in [3.63, 3.8) is 0 Å². The molecule has 0 aliphatic carbocycles. The summed E-state index contributed by atoms with van der Waals surface area (Å²) in [6.45, 7) is -0.0175. The maximum atomic E-state index is 13.3. The summed E-state index contributed by atoms with van der Waals surface area (Å²) in [5, 5.41) is 19.0. The Morgan fingerprint density at radius 1 is 1.10 bits per heavy atom. The number of hydrogen-bond donors (Lipinski definition) is 2. The number of methoxy groups -OCH3 is 1. The number of benzene rings is 2. The smallest absolute Gasteiger partial charge is 0.417 e. The first-order valence-corrected chi connectivity index (χ1v) is 8.72. The number of hydrogen-bond acceptors (Lipinski definition) is 4. The van der Waals surface area contributed by atoms with Crippen LogP contribution in [0.25, 0.3) is 11.1 Å². The largest absolute Gasteiger partial charge is 0.496 e. The van der Waals surface area contributed by atoms with Gasteiger partial charge in [-0.05, 0) is 29.8 Å². The quantitative estimate of drug-likeness (QED) is 0.753. The first-order chi connectivity index (χ1) is 13.7. The van der Waals surface area contributed by atoms with E-state index in [4.69, 9.17) is 4.74 Å². The normalized spacial score (nSPS) is 18.9. The molecule has 2 aromatic rings. The van der Waals surface area contributed by atoms with Crippen molar-refractivity contribution in [2.24, 2.45) is 0 Å². The van der Waals surface area contributed by atoms with E-state index in [1.165, 1.54) is 48.4 Å². The molecule has 1 heterocycles. The van der Waals surface area contributed by atoms with Crippen molar-refractivity contribution in [2.45, 2.75) is 18.4 Å². The molecule has 1 saturated heterocycles. The van der Waals surface area contributed by atoms with Crippen molar-refractivity contribution in [1.29, 1.82) is 0 Å². The molecule has 152 valence electrons. The Morgan fingerprint density at radius 2 is 1.76 bits per heavy atom. The summed E-state index contributed by atoms with van der Waals surface area (Å²) in [4.78, 5) is 13.3. The highest BCUT2D eigenvalue weighted by molar-refractivity contribution is 5.94. The number of halogens is 3. The molecule has 1 amide bonds. The molecule has 2 atom stereocenters. The van der Waals surface area contributed by atoms with E-state index in [0.717, 1.165) is 6.07 Å². The van der Waals surface area contributed by atoms with Crippen LogP contribution in [0.2, 0.25) is 0 Å². The van der Waals surface area contributed by atoms with E-state index in [1.807, 2.05) is 0 Å². The summed E-state index contributed by atoms with van der Waals surface area (Å²) in [6, 6.07) is 9.60. The predicted octanol–water partition coefficient (Wildman–Crippen LogP) is 2.30. The average Bonchev–Trinajstić information content (AvgIpc) is 3.04. The number of carbonyl (C=O) groups is 1. The molecular formula is C21H18F3NO4. The van der Waals surface area contributed by atoms with Crippen molar-refractivity contribution >= 4 is 5.91 Å². The van der Waals surface area contributed by atoms with Crippen LogP contribution in [-0.4, -0.2) is 53.4 Å². The lowest BCUT2D eigenvalue weighted by molar-refractivity contribution is -0.137. The lowest BCUT2D eigenvalue weighted by Crippen LogP contribution is -2.28. The second kappa shape index (κ2) is 8.15. The van der Waals surface area contributed by atoms with Crippen LogP contribution in [0, 0.1) is 11.8 Å². The van der Waals surface area contributed by atoms with Gasteiger partial charge in [-0.1, -0.05) is 24.1 Å². The molecule has 2 N–H and O–H groups in total. The maximum absolute atomic E-state index is 13.3. The second-order valence-corrected chi connectivity index (χ2v) is 6.55. The lowest BCUT2D eigenvalue weighted by Gasteiger charge is -2.15. The molecule has 1 aliphatic rings. The third kappa shape index (κ3) is 4.53. The van der Waals surface area contributed by atoms with Crippen LogP contribution in [0.5, 0.6) is 5.75 Å². The van der Waals surface area contributed by atoms with Gasteiger partial charge in [0.2, 0.25) is 0 Å². The van der Waals surface area contributed by atoms with Gasteiger partial charge in [-0.15, -0.1) is 0 Å². The number of carbonyl (C=O) groups excluding carboxylic acids is 1. The second-order valence-electron chi connectivity index (χ2n) is 6.55. The Kier molecular flexibility index (Phi) is 5.82. The molecule has 29 heavy (non-hydrogen) atoms. The third-order valence-corrected chi connectivity index (χ3v) is 4.58. The van der Waals surface area contributed by atoms with E-state index >= 15 is 0 Å². The number of nitrogens with zero attached hydrogens (tertiary/aromatic N) is 1. The highest BCUT2D eigenvalue weighted by atomic mass is 19.4. The minimum Gasteiger partial charge on any atom is -0.496 e. The van der Waals surface area contributed by atoms with Gasteiger partial charge in [0, 0.05) is 17.0 Å². The van der Waals surface area contributed by atoms with E-state index < -0.39 is 29.9 Å². The van der Waals surface area contributed by atoms with Crippen LogP contribution in [0.4, 0.5) is 13.2 Å². The van der Waals surface area contributed by atoms with Crippen LogP contribution in [-0.2, 0) is 11.0 Å². The summed E-state index contributed by atoms with van der Waals surface area (Å²) in [5.41, 5.74) is -0.169. The molecule has 0 aromatic heterocycles. The van der Waals surface area contributed by atoms with Crippen LogP contribution in [0.1, 0.15) is 11.1 Å². The summed E-state index contributed by atoms with van der Waals surface area (Å²) in [5.74, 6) is 4.67. The molecule has 0 bridgehead atoms. The van der Waals surface area contributed by atoms with E-state index in [2.05, 4.69) is 11.8 Å². The molecule has 8 heteroatoms. The Labute approximate surface area is 165 Å². The fourth-order valence-corrected chi connectivity index (χ4v) is 3.10. The van der Waals surface area contributed by atoms with Gasteiger partial charge in [-0.25, -0.2) is 0 Å². The number of β-amino-alcohol motifs (C(OH)–C–C–N with tert-alkyl or cyclic N) is 2. The van der Waals surface area contributed by atoms with Gasteiger partial charge >= 0.3 is 6.18 Å². The van der Waals surface area contributed by atoms with Gasteiger partial charge < -0.3 is 19.8 Å². The Bertz CT molecular complexity index is 968. The van der Waals surface area contributed by atoms with Crippen molar-refractivity contribution in [1.82, 2.24) is 4.90 Å². The molecule has 1 fully saturated rings. The van der Waals surface area contributed by atoms with E-state index in [9.17, 15) is 28.2 Å². The highest BCUT2D eigenvalue weighted by Crippen LogP contribution is 2.40. The minimum atomic E-state index is -4.52. The van der Waals surface area contributed by atoms with E-state index in [0.29, 0.717) is 5.56 Å². The number of aliphatic hydroxyl groups is 2. The van der Waals surface area contributed by atoms with Gasteiger partial charge in [0.25, 0.3) is 5.91 Å². The zero-order valence-corrected chi connectivity index (χ0v) is 15.4. The third-order valence-electron chi connectivity index (χ3n) is 4.58. The summed E-state index contributed by atoms with van der Waals surface area (Å²) < 4.78 is 45.2. The number of aliphatic hydroxyl groups excluding tert-OH is 2. The molecule has 3 rings (SSSR count). The Balaban J connectivity index is 1.89. The fourth-order valence-electron chi connectivity index (χ4n) is 3.10. The number of alkyl halides is 3. The van der Waals surface area contributed by atoms with Gasteiger partial charge in [0.05, 0.1) is 38.0 Å². The summed E-state index contributed by atoms with van der Waals surface area (Å²) in [7, 11) is 1.34. The van der Waals surface area contributed by atoms with Gasteiger partial charge in [0.15, 0.2) is 0 Å². The lowest BCUT2D eigenvalue weighted by atomic mass is 9.97. The van der Waals surface area contributed by atoms with Crippen molar-refractivity contribution in [3.8, 4) is 28.7 Å². The van der Waals surface area contributed by atoms with Crippen molar-refractivity contribution in [2.75, 3.05) is 20.2 Å². The topological polar surface area (TPSA) is 70.0 Å². The molecule has 0 saturated carbocycles. The Morgan fingerprint density at radius 3 is 2.38 bits per heavy atom. The zero-order chi connectivity index (χ0) is 21.2. The van der Waals surface area contributed by atoms with Crippen LogP contribution in [0.3, 0.4) is 0 Å². The van der Waals surface area contributed by atoms with Crippen LogP contribution >= 0.6 is 0 Å². The van der Waals surface area contributed by atoms with Crippen LogP contribution < -0.4 is 4.74 Å². The molecular weight excluding hydrogens is 387 g/mol. The summed E-state index contributed by atoms with van der Waals surface area (Å²) in [6.07, 6.45) is -6.53. The number of rotatable bonds is 2. The Hall–Kier alpha value is -3.02. The maximum Gasteiger partial charge on any atom is 0.417 e. The monoisotopic (exact) mass is 405 g/mol. The van der Waals surface area contributed by atoms with Crippen LogP contribution in [0.15, 0.2) is 42.5 Å². The van der Waals surface area contributed by atoms with Gasteiger partial charge in [-0.2, -0.15) is 13.2 Å². The number of ether oxygens (including phenoxy) is 1. The fraction of sp³-hybridized carbons (Fsp3) is 0.286. The zero-order valence-electron chi connectivity index (χ0n) is 15.4. The standard InChI is InChI=1S/C21H18F3NO4/c1-29-19-10-13(7-9-20(28)25-11-17(26)18(27)12-25)6-8-15(19)14-4-2-3-5-16(14)21(22,23)24/h2-6,8,10,17-18,26-27H,11-12H2,1H3/t17-,18+. The molecule has 0 spiro atoms. The number of likely N-dealkylation sites (tertiary alicyclic amines) is 1. The van der Waals surface area contributed by atoms with Gasteiger partial charge in [-0.3, -0.25) is 4.79 Å². The molecule has 5 nitrogen and oxygen atoms in total. The first kappa shape index (κ1) is 20.7. The van der Waals surface area contributed by atoms with E-state index in [1.54, 1.807) is 0 Å². The van der Waals surface area contributed by atoms with Gasteiger partial charge in [0.1, 0.15) is 5.75 Å².